The Kier molecular flexibility index (Phi) is 4.76. The molecule has 1 amide bonds. The van der Waals surface area contributed by atoms with E-state index >= 15 is 0 Å². The van der Waals surface area contributed by atoms with Gasteiger partial charge in [-0.2, -0.15) is 0 Å². The number of methoxy groups -OCH3 is 1. The fourth-order valence-corrected chi connectivity index (χ4v) is 3.07. The minimum Gasteiger partial charge on any atom is -0.383 e. The van der Waals surface area contributed by atoms with Crippen molar-refractivity contribution in [2.75, 3.05) is 13.7 Å². The fraction of sp³-hybridized carbons (Fsp3) is 0.444. The summed E-state index contributed by atoms with van der Waals surface area (Å²) in [5, 5.41) is 0. The maximum absolute atomic E-state index is 12.9. The largest absolute Gasteiger partial charge is 0.383 e. The van der Waals surface area contributed by atoms with Crippen LogP contribution in [-0.2, 0) is 29.0 Å². The first-order valence-corrected chi connectivity index (χ1v) is 8.00. The van der Waals surface area contributed by atoms with Gasteiger partial charge in [-0.3, -0.25) is 4.79 Å². The van der Waals surface area contributed by atoms with Crippen molar-refractivity contribution in [1.29, 1.82) is 0 Å². The summed E-state index contributed by atoms with van der Waals surface area (Å²) < 4.78 is 7.47. The number of fused-ring (bicyclic) bond motifs is 1. The molecule has 1 unspecified atom stereocenters. The molecule has 0 saturated heterocycles. The Bertz CT molecular complexity index is 663. The topological polar surface area (TPSA) is 47.4 Å². The van der Waals surface area contributed by atoms with Gasteiger partial charge in [-0.25, -0.2) is 4.98 Å². The quantitative estimate of drug-likeness (QED) is 0.869. The first-order valence-electron chi connectivity index (χ1n) is 8.00. The van der Waals surface area contributed by atoms with Gasteiger partial charge in [0.2, 0.25) is 5.91 Å². The zero-order valence-electron chi connectivity index (χ0n) is 13.7. The molecule has 3 rings (SSSR count). The maximum Gasteiger partial charge on any atom is 0.227 e. The van der Waals surface area contributed by atoms with E-state index in [-0.39, 0.29) is 11.9 Å². The van der Waals surface area contributed by atoms with Crippen molar-refractivity contribution in [3.63, 3.8) is 0 Å². The normalized spacial score (nSPS) is 17.7. The molecule has 0 aliphatic carbocycles. The van der Waals surface area contributed by atoms with E-state index in [0.717, 1.165) is 24.2 Å². The van der Waals surface area contributed by atoms with Crippen LogP contribution < -0.4 is 0 Å². The number of aryl methyl sites for hydroxylation is 2. The standard InChI is InChI=1S/C18H23N3O2/c1-14-3-5-15(6-4-14)9-18(22)21-11-17-10-19-13-20(17)8-7-16(21)12-23-2/h3-6,10,13,16H,7-9,11-12H2,1-2H3. The number of hydrogen-bond acceptors (Lipinski definition) is 3. The lowest BCUT2D eigenvalue weighted by atomic mass is 10.1. The van der Waals surface area contributed by atoms with Crippen molar-refractivity contribution < 1.29 is 9.53 Å². The minimum atomic E-state index is 0.109. The van der Waals surface area contributed by atoms with E-state index in [9.17, 15) is 4.79 Å². The molecule has 5 nitrogen and oxygen atoms in total. The van der Waals surface area contributed by atoms with E-state index in [1.165, 1.54) is 5.56 Å². The van der Waals surface area contributed by atoms with Gasteiger partial charge in [0.05, 0.1) is 37.6 Å². The Hall–Kier alpha value is -2.14. The van der Waals surface area contributed by atoms with Crippen molar-refractivity contribution in [2.45, 2.75) is 38.9 Å². The maximum atomic E-state index is 12.9. The molecule has 0 spiro atoms. The number of rotatable bonds is 4. The fourth-order valence-electron chi connectivity index (χ4n) is 3.07. The highest BCUT2D eigenvalue weighted by atomic mass is 16.5. The monoisotopic (exact) mass is 313 g/mol. The summed E-state index contributed by atoms with van der Waals surface area (Å²) in [6, 6.07) is 8.26. The van der Waals surface area contributed by atoms with Crippen LogP contribution in [0.5, 0.6) is 0 Å². The lowest BCUT2D eigenvalue weighted by Crippen LogP contribution is -2.42. The van der Waals surface area contributed by atoms with Crippen LogP contribution in [0.3, 0.4) is 0 Å². The smallest absolute Gasteiger partial charge is 0.227 e. The van der Waals surface area contributed by atoms with Gasteiger partial charge in [-0.05, 0) is 18.9 Å². The molecule has 2 heterocycles. The summed E-state index contributed by atoms with van der Waals surface area (Å²) in [7, 11) is 1.69. The van der Waals surface area contributed by atoms with Crippen LogP contribution in [0.15, 0.2) is 36.8 Å². The van der Waals surface area contributed by atoms with Crippen molar-refractivity contribution in [2.24, 2.45) is 0 Å². The molecular weight excluding hydrogens is 290 g/mol. The molecule has 1 aliphatic rings. The van der Waals surface area contributed by atoms with Crippen molar-refractivity contribution in [3.05, 3.63) is 53.6 Å². The van der Waals surface area contributed by atoms with Crippen LogP contribution in [0.25, 0.3) is 0 Å². The molecule has 0 saturated carbocycles. The number of amides is 1. The molecule has 0 radical (unpaired) electrons. The Morgan fingerprint density at radius 2 is 2.13 bits per heavy atom. The number of benzene rings is 1. The zero-order valence-corrected chi connectivity index (χ0v) is 13.7. The predicted molar refractivity (Wildman–Crippen MR) is 87.9 cm³/mol. The Morgan fingerprint density at radius 3 is 2.87 bits per heavy atom. The molecule has 2 aromatic rings. The first kappa shape index (κ1) is 15.7. The first-order chi connectivity index (χ1) is 11.2. The summed E-state index contributed by atoms with van der Waals surface area (Å²) in [6.07, 6.45) is 5.00. The third kappa shape index (κ3) is 3.62. The number of carbonyl (C=O) groups excluding carboxylic acids is 1. The molecule has 5 heteroatoms. The molecule has 1 atom stereocenters. The number of aromatic nitrogens is 2. The molecule has 1 aromatic carbocycles. The van der Waals surface area contributed by atoms with Gasteiger partial charge in [0, 0.05) is 19.9 Å². The van der Waals surface area contributed by atoms with Gasteiger partial charge in [-0.15, -0.1) is 0 Å². The summed E-state index contributed by atoms with van der Waals surface area (Å²) in [5.74, 6) is 0.144. The van der Waals surface area contributed by atoms with E-state index in [1.54, 1.807) is 7.11 Å². The second kappa shape index (κ2) is 6.96. The van der Waals surface area contributed by atoms with Crippen LogP contribution in [0.2, 0.25) is 0 Å². The van der Waals surface area contributed by atoms with Crippen LogP contribution in [0.4, 0.5) is 0 Å². The van der Waals surface area contributed by atoms with Gasteiger partial charge in [0.15, 0.2) is 0 Å². The molecule has 122 valence electrons. The van der Waals surface area contributed by atoms with E-state index in [0.29, 0.717) is 19.6 Å². The Labute approximate surface area is 136 Å². The molecule has 1 aliphatic heterocycles. The molecule has 0 fully saturated rings. The van der Waals surface area contributed by atoms with Gasteiger partial charge in [0.1, 0.15) is 0 Å². The molecule has 0 bridgehead atoms. The van der Waals surface area contributed by atoms with Gasteiger partial charge < -0.3 is 14.2 Å². The molecule has 0 N–H and O–H groups in total. The minimum absolute atomic E-state index is 0.109. The van der Waals surface area contributed by atoms with Gasteiger partial charge in [0.25, 0.3) is 0 Å². The van der Waals surface area contributed by atoms with E-state index in [1.807, 2.05) is 41.7 Å². The molecule has 1 aromatic heterocycles. The molecule has 23 heavy (non-hydrogen) atoms. The second-order valence-electron chi connectivity index (χ2n) is 6.16. The van der Waals surface area contributed by atoms with E-state index in [2.05, 4.69) is 16.5 Å². The summed E-state index contributed by atoms with van der Waals surface area (Å²) >= 11 is 0. The van der Waals surface area contributed by atoms with E-state index < -0.39 is 0 Å². The number of hydrogen-bond donors (Lipinski definition) is 0. The number of imidazole rings is 1. The second-order valence-corrected chi connectivity index (χ2v) is 6.16. The summed E-state index contributed by atoms with van der Waals surface area (Å²) in [6.45, 7) is 4.09. The average molecular weight is 313 g/mol. The number of carbonyl (C=O) groups is 1. The zero-order chi connectivity index (χ0) is 16.2. The highest BCUT2D eigenvalue weighted by Gasteiger charge is 2.27. The highest BCUT2D eigenvalue weighted by molar-refractivity contribution is 5.79. The lowest BCUT2D eigenvalue weighted by molar-refractivity contribution is -0.134. The third-order valence-corrected chi connectivity index (χ3v) is 4.43. The van der Waals surface area contributed by atoms with Gasteiger partial charge in [-0.1, -0.05) is 29.8 Å². The summed E-state index contributed by atoms with van der Waals surface area (Å²) in [4.78, 5) is 19.0. The Balaban J connectivity index is 1.78. The van der Waals surface area contributed by atoms with Crippen molar-refractivity contribution in [3.8, 4) is 0 Å². The Morgan fingerprint density at radius 1 is 1.35 bits per heavy atom. The van der Waals surface area contributed by atoms with Crippen molar-refractivity contribution in [1.82, 2.24) is 14.5 Å². The van der Waals surface area contributed by atoms with Crippen LogP contribution in [0.1, 0.15) is 23.2 Å². The van der Waals surface area contributed by atoms with E-state index in [4.69, 9.17) is 4.74 Å². The average Bonchev–Trinajstić information content (AvgIpc) is 2.92. The SMILES string of the molecule is COCC1CCn2cncc2CN1C(=O)Cc1ccc(C)cc1. The summed E-state index contributed by atoms with van der Waals surface area (Å²) in [5.41, 5.74) is 3.34. The predicted octanol–water partition coefficient (Wildman–Crippen LogP) is 2.18. The van der Waals surface area contributed by atoms with Crippen LogP contribution in [-0.4, -0.2) is 40.1 Å². The number of ether oxygens (including phenoxy) is 1. The molecular formula is C18H23N3O2. The van der Waals surface area contributed by atoms with Gasteiger partial charge >= 0.3 is 0 Å². The number of nitrogens with zero attached hydrogens (tertiary/aromatic N) is 3. The highest BCUT2D eigenvalue weighted by Crippen LogP contribution is 2.19. The van der Waals surface area contributed by atoms with Crippen molar-refractivity contribution >= 4 is 5.91 Å². The van der Waals surface area contributed by atoms with Crippen LogP contribution >= 0.6 is 0 Å². The third-order valence-electron chi connectivity index (χ3n) is 4.43. The van der Waals surface area contributed by atoms with Crippen LogP contribution in [0, 0.1) is 6.92 Å². The lowest BCUT2D eigenvalue weighted by Gasteiger charge is -2.29.